The van der Waals surface area contributed by atoms with Crippen LogP contribution in [0.3, 0.4) is 0 Å². The van der Waals surface area contributed by atoms with Crippen LogP contribution in [-0.4, -0.2) is 28.4 Å². The summed E-state index contributed by atoms with van der Waals surface area (Å²) in [7, 11) is 0. The number of nitrogens with two attached hydrogens (primary N) is 1. The molecule has 18 heavy (non-hydrogen) atoms. The fraction of sp³-hybridized carbons (Fsp3) is 0.357. The molecule has 1 aromatic heterocycles. The number of carbonyl (C=O) groups is 1. The summed E-state index contributed by atoms with van der Waals surface area (Å²) in [4.78, 5) is 17.6. The molecule has 3 rings (SSSR count). The second kappa shape index (κ2) is 4.05. The lowest BCUT2D eigenvalue weighted by molar-refractivity contribution is 0.0754. The van der Waals surface area contributed by atoms with E-state index in [-0.39, 0.29) is 5.91 Å². The largest absolute Gasteiger partial charge is 0.399 e. The zero-order valence-electron chi connectivity index (χ0n) is 10.4. The zero-order valence-corrected chi connectivity index (χ0v) is 10.4. The molecule has 94 valence electrons. The summed E-state index contributed by atoms with van der Waals surface area (Å²) >= 11 is 0. The van der Waals surface area contributed by atoms with Crippen LogP contribution in [0, 0.1) is 0 Å². The highest BCUT2D eigenvalue weighted by Gasteiger charge is 2.32. The summed E-state index contributed by atoms with van der Waals surface area (Å²) in [5.41, 5.74) is 8.11. The number of fused-ring (bicyclic) bond motifs is 1. The first kappa shape index (κ1) is 11.1. The third kappa shape index (κ3) is 1.74. The van der Waals surface area contributed by atoms with Gasteiger partial charge in [0.15, 0.2) is 0 Å². The number of aromatic amines is 1. The molecule has 0 unspecified atom stereocenters. The van der Waals surface area contributed by atoms with Gasteiger partial charge in [-0.05, 0) is 38.0 Å². The first-order chi connectivity index (χ1) is 8.70. The molecule has 1 heterocycles. The van der Waals surface area contributed by atoms with Crippen LogP contribution in [-0.2, 0) is 0 Å². The van der Waals surface area contributed by atoms with Gasteiger partial charge in [-0.25, -0.2) is 0 Å². The Balaban J connectivity index is 2.00. The van der Waals surface area contributed by atoms with E-state index in [1.807, 2.05) is 30.0 Å². The number of nitrogens with one attached hydrogen (secondary N) is 1. The highest BCUT2D eigenvalue weighted by molar-refractivity contribution is 6.07. The number of amides is 1. The van der Waals surface area contributed by atoms with Crippen LogP contribution >= 0.6 is 0 Å². The maximum atomic E-state index is 12.5. The normalized spacial score (nSPS) is 14.9. The lowest BCUT2D eigenvalue weighted by Crippen LogP contribution is -2.32. The van der Waals surface area contributed by atoms with E-state index in [1.165, 1.54) is 0 Å². The Bertz CT molecular complexity index is 598. The monoisotopic (exact) mass is 243 g/mol. The van der Waals surface area contributed by atoms with Gasteiger partial charge in [-0.1, -0.05) is 0 Å². The number of carbonyl (C=O) groups excluding carboxylic acids is 1. The summed E-state index contributed by atoms with van der Waals surface area (Å²) in [6, 6.07) is 6.05. The number of hydrogen-bond donors (Lipinski definition) is 2. The van der Waals surface area contributed by atoms with Gasteiger partial charge >= 0.3 is 0 Å². The quantitative estimate of drug-likeness (QED) is 0.813. The summed E-state index contributed by atoms with van der Waals surface area (Å²) < 4.78 is 0. The van der Waals surface area contributed by atoms with Crippen molar-refractivity contribution in [1.29, 1.82) is 0 Å². The van der Waals surface area contributed by atoms with Crippen LogP contribution in [0.2, 0.25) is 0 Å². The molecule has 0 atom stereocenters. The van der Waals surface area contributed by atoms with Gasteiger partial charge in [-0.15, -0.1) is 0 Å². The van der Waals surface area contributed by atoms with E-state index in [0.29, 0.717) is 11.7 Å². The SMILES string of the molecule is CCN(C(=O)c1c[nH]c2cc(N)ccc12)C1CC1. The molecule has 0 aliphatic heterocycles. The van der Waals surface area contributed by atoms with Crippen LogP contribution in [0.15, 0.2) is 24.4 Å². The van der Waals surface area contributed by atoms with Crippen molar-refractivity contribution in [3.8, 4) is 0 Å². The third-order valence-corrected chi connectivity index (χ3v) is 3.53. The Morgan fingerprint density at radius 1 is 1.50 bits per heavy atom. The van der Waals surface area contributed by atoms with Gasteiger partial charge in [0, 0.05) is 35.4 Å². The fourth-order valence-electron chi connectivity index (χ4n) is 2.43. The second-order valence-electron chi connectivity index (χ2n) is 4.83. The lowest BCUT2D eigenvalue weighted by atomic mass is 10.1. The van der Waals surface area contributed by atoms with E-state index in [2.05, 4.69) is 4.98 Å². The zero-order chi connectivity index (χ0) is 12.7. The van der Waals surface area contributed by atoms with Gasteiger partial charge in [-0.2, -0.15) is 0 Å². The Kier molecular flexibility index (Phi) is 2.51. The topological polar surface area (TPSA) is 62.1 Å². The Labute approximate surface area is 106 Å². The Morgan fingerprint density at radius 3 is 2.94 bits per heavy atom. The number of H-pyrrole nitrogens is 1. The first-order valence-corrected chi connectivity index (χ1v) is 6.38. The van der Waals surface area contributed by atoms with Crippen molar-refractivity contribution in [1.82, 2.24) is 9.88 Å². The highest BCUT2D eigenvalue weighted by atomic mass is 16.2. The van der Waals surface area contributed by atoms with Crippen molar-refractivity contribution in [3.63, 3.8) is 0 Å². The van der Waals surface area contributed by atoms with Crippen molar-refractivity contribution in [2.24, 2.45) is 0 Å². The minimum Gasteiger partial charge on any atom is -0.399 e. The molecule has 0 radical (unpaired) electrons. The molecule has 2 aromatic rings. The number of aromatic nitrogens is 1. The average molecular weight is 243 g/mol. The van der Waals surface area contributed by atoms with Crippen molar-refractivity contribution < 1.29 is 4.79 Å². The molecule has 1 aromatic carbocycles. The van der Waals surface area contributed by atoms with Gasteiger partial charge in [-0.3, -0.25) is 4.79 Å². The maximum Gasteiger partial charge on any atom is 0.256 e. The van der Waals surface area contributed by atoms with Crippen LogP contribution in [0.5, 0.6) is 0 Å². The van der Waals surface area contributed by atoms with Gasteiger partial charge in [0.25, 0.3) is 5.91 Å². The summed E-state index contributed by atoms with van der Waals surface area (Å²) in [5.74, 6) is 0.121. The summed E-state index contributed by atoms with van der Waals surface area (Å²) in [6.45, 7) is 2.80. The number of rotatable bonds is 3. The Hall–Kier alpha value is -1.97. The van der Waals surface area contributed by atoms with Crippen LogP contribution < -0.4 is 5.73 Å². The molecule has 1 amide bonds. The van der Waals surface area contributed by atoms with E-state index >= 15 is 0 Å². The van der Waals surface area contributed by atoms with Crippen LogP contribution in [0.4, 0.5) is 5.69 Å². The van der Waals surface area contributed by atoms with Crippen LogP contribution in [0.1, 0.15) is 30.1 Å². The van der Waals surface area contributed by atoms with Gasteiger partial charge in [0.05, 0.1) is 5.56 Å². The number of hydrogen-bond acceptors (Lipinski definition) is 2. The predicted molar refractivity (Wildman–Crippen MR) is 72.4 cm³/mol. The molecule has 1 saturated carbocycles. The molecule has 4 nitrogen and oxygen atoms in total. The average Bonchev–Trinajstić information content (AvgIpc) is 3.09. The lowest BCUT2D eigenvalue weighted by Gasteiger charge is -2.19. The van der Waals surface area contributed by atoms with Crippen molar-refractivity contribution in [3.05, 3.63) is 30.0 Å². The predicted octanol–water partition coefficient (Wildman–Crippen LogP) is 2.37. The minimum absolute atomic E-state index is 0.121. The van der Waals surface area contributed by atoms with Gasteiger partial charge in [0.1, 0.15) is 0 Å². The van der Waals surface area contributed by atoms with Crippen molar-refractivity contribution in [2.45, 2.75) is 25.8 Å². The first-order valence-electron chi connectivity index (χ1n) is 6.38. The van der Waals surface area contributed by atoms with E-state index in [1.54, 1.807) is 6.20 Å². The van der Waals surface area contributed by atoms with E-state index in [0.717, 1.165) is 35.9 Å². The summed E-state index contributed by atoms with van der Waals surface area (Å²) in [5, 5.41) is 0.952. The second-order valence-corrected chi connectivity index (χ2v) is 4.83. The fourth-order valence-corrected chi connectivity index (χ4v) is 2.43. The number of benzene rings is 1. The van der Waals surface area contributed by atoms with Gasteiger partial charge < -0.3 is 15.6 Å². The molecule has 0 spiro atoms. The van der Waals surface area contributed by atoms with Gasteiger partial charge in [0.2, 0.25) is 0 Å². The minimum atomic E-state index is 0.121. The van der Waals surface area contributed by atoms with Crippen LogP contribution in [0.25, 0.3) is 10.9 Å². The standard InChI is InChI=1S/C14H17N3O/c1-2-17(10-4-5-10)14(18)12-8-16-13-7-9(15)3-6-11(12)13/h3,6-8,10,16H,2,4-5,15H2,1H3. The van der Waals surface area contributed by atoms with E-state index in [4.69, 9.17) is 5.73 Å². The molecule has 0 saturated heterocycles. The molecular formula is C14H17N3O. The molecule has 1 aliphatic rings. The molecule has 1 aliphatic carbocycles. The molecular weight excluding hydrogens is 226 g/mol. The smallest absolute Gasteiger partial charge is 0.256 e. The molecule has 1 fully saturated rings. The molecule has 4 heteroatoms. The Morgan fingerprint density at radius 2 is 2.28 bits per heavy atom. The molecule has 3 N–H and O–H groups in total. The summed E-state index contributed by atoms with van der Waals surface area (Å²) in [6.07, 6.45) is 4.06. The van der Waals surface area contributed by atoms with E-state index < -0.39 is 0 Å². The number of nitrogens with zero attached hydrogens (tertiary/aromatic N) is 1. The third-order valence-electron chi connectivity index (χ3n) is 3.53. The number of anilines is 1. The highest BCUT2D eigenvalue weighted by Crippen LogP contribution is 2.30. The van der Waals surface area contributed by atoms with Crippen molar-refractivity contribution in [2.75, 3.05) is 12.3 Å². The number of nitrogen functional groups attached to an aromatic ring is 1. The molecule has 0 bridgehead atoms. The van der Waals surface area contributed by atoms with E-state index in [9.17, 15) is 4.79 Å². The maximum absolute atomic E-state index is 12.5. The van der Waals surface area contributed by atoms with Crippen molar-refractivity contribution >= 4 is 22.5 Å².